The number of hydrogen-bond acceptors (Lipinski definition) is 3. The number of aromatic amines is 1. The highest BCUT2D eigenvalue weighted by Crippen LogP contribution is 2.16. The molecule has 3 aromatic rings. The predicted molar refractivity (Wildman–Crippen MR) is 88.5 cm³/mol. The molecule has 0 unspecified atom stereocenters. The van der Waals surface area contributed by atoms with Crippen LogP contribution in [0.5, 0.6) is 0 Å². The lowest BCUT2D eigenvalue weighted by Crippen LogP contribution is -2.19. The lowest BCUT2D eigenvalue weighted by atomic mass is 10.2. The number of aryl methyl sites for hydroxylation is 1. The molecular weight excluding hydrogens is 274 g/mol. The first-order valence-corrected chi connectivity index (χ1v) is 7.49. The second-order valence-corrected chi connectivity index (χ2v) is 5.49. The van der Waals surface area contributed by atoms with Crippen molar-refractivity contribution in [3.63, 3.8) is 0 Å². The van der Waals surface area contributed by atoms with Crippen molar-refractivity contribution in [1.82, 2.24) is 25.1 Å². The van der Waals surface area contributed by atoms with Crippen LogP contribution in [-0.2, 0) is 13.1 Å². The highest BCUT2D eigenvalue weighted by Gasteiger charge is 2.11. The van der Waals surface area contributed by atoms with Crippen LogP contribution in [0.2, 0.25) is 0 Å². The zero-order valence-corrected chi connectivity index (χ0v) is 13.0. The monoisotopic (exact) mass is 295 g/mol. The summed E-state index contributed by atoms with van der Waals surface area (Å²) >= 11 is 0. The molecule has 0 aliphatic heterocycles. The van der Waals surface area contributed by atoms with Gasteiger partial charge in [-0.2, -0.15) is 5.10 Å². The summed E-state index contributed by atoms with van der Waals surface area (Å²) in [5.41, 5.74) is 4.32. The average Bonchev–Trinajstić information content (AvgIpc) is 3.08. The fraction of sp³-hybridized carbons (Fsp3) is 0.294. The Morgan fingerprint density at radius 1 is 1.41 bits per heavy atom. The summed E-state index contributed by atoms with van der Waals surface area (Å²) in [5, 5.41) is 7.97. The Labute approximate surface area is 130 Å². The smallest absolute Gasteiger partial charge is 0.124 e. The van der Waals surface area contributed by atoms with Gasteiger partial charge in [-0.1, -0.05) is 18.2 Å². The Hall–Kier alpha value is -2.40. The minimum absolute atomic E-state index is 0.148. The Morgan fingerprint density at radius 3 is 3.00 bits per heavy atom. The first-order valence-electron chi connectivity index (χ1n) is 7.49. The van der Waals surface area contributed by atoms with Gasteiger partial charge in [-0.3, -0.25) is 4.68 Å². The van der Waals surface area contributed by atoms with Crippen LogP contribution >= 0.6 is 0 Å². The van der Waals surface area contributed by atoms with Gasteiger partial charge in [0.25, 0.3) is 0 Å². The molecule has 5 nitrogen and oxygen atoms in total. The molecule has 0 aliphatic rings. The van der Waals surface area contributed by atoms with Gasteiger partial charge in [0.2, 0.25) is 0 Å². The second kappa shape index (κ2) is 6.15. The van der Waals surface area contributed by atoms with E-state index in [0.29, 0.717) is 0 Å². The lowest BCUT2D eigenvalue weighted by molar-refractivity contribution is 0.551. The van der Waals surface area contributed by atoms with Crippen molar-refractivity contribution in [3.05, 3.63) is 60.2 Å². The molecule has 0 spiro atoms. The van der Waals surface area contributed by atoms with E-state index in [1.807, 2.05) is 41.9 Å². The second-order valence-electron chi connectivity index (χ2n) is 5.49. The lowest BCUT2D eigenvalue weighted by Gasteiger charge is -2.10. The first-order chi connectivity index (χ1) is 10.7. The molecule has 2 N–H and O–H groups in total. The van der Waals surface area contributed by atoms with Gasteiger partial charge in [0.1, 0.15) is 5.82 Å². The van der Waals surface area contributed by atoms with Crippen molar-refractivity contribution in [2.75, 3.05) is 0 Å². The fourth-order valence-corrected chi connectivity index (χ4v) is 2.50. The summed E-state index contributed by atoms with van der Waals surface area (Å²) in [4.78, 5) is 7.99. The van der Waals surface area contributed by atoms with Gasteiger partial charge in [-0.05, 0) is 26.0 Å². The van der Waals surface area contributed by atoms with Crippen LogP contribution < -0.4 is 5.32 Å². The molecule has 114 valence electrons. The molecule has 2 heterocycles. The minimum Gasteiger partial charge on any atom is -0.341 e. The van der Waals surface area contributed by atoms with E-state index >= 15 is 0 Å². The molecule has 0 aliphatic carbocycles. The number of nitrogens with zero attached hydrogens (tertiary/aromatic N) is 3. The van der Waals surface area contributed by atoms with Gasteiger partial charge in [0.05, 0.1) is 29.3 Å². The van der Waals surface area contributed by atoms with Crippen LogP contribution in [0.25, 0.3) is 11.0 Å². The largest absolute Gasteiger partial charge is 0.341 e. The number of H-pyrrole nitrogens is 1. The number of aromatic nitrogens is 4. The number of hydrogen-bond donors (Lipinski definition) is 2. The summed E-state index contributed by atoms with van der Waals surface area (Å²) in [6.45, 7) is 9.38. The third kappa shape index (κ3) is 2.94. The number of imidazole rings is 1. The van der Waals surface area contributed by atoms with Gasteiger partial charge in [0.15, 0.2) is 0 Å². The van der Waals surface area contributed by atoms with Crippen LogP contribution in [0.15, 0.2) is 43.1 Å². The molecule has 22 heavy (non-hydrogen) atoms. The van der Waals surface area contributed by atoms with E-state index in [1.165, 1.54) is 5.56 Å². The van der Waals surface area contributed by atoms with Crippen molar-refractivity contribution in [1.29, 1.82) is 0 Å². The Kier molecular flexibility index (Phi) is 4.06. The van der Waals surface area contributed by atoms with Crippen molar-refractivity contribution in [3.8, 4) is 0 Å². The summed E-state index contributed by atoms with van der Waals surface area (Å²) in [6.07, 6.45) is 3.91. The van der Waals surface area contributed by atoms with Crippen LogP contribution in [0.3, 0.4) is 0 Å². The van der Waals surface area contributed by atoms with Gasteiger partial charge in [0, 0.05) is 18.3 Å². The molecule has 3 rings (SSSR count). The zero-order chi connectivity index (χ0) is 15.5. The van der Waals surface area contributed by atoms with E-state index in [9.17, 15) is 0 Å². The molecule has 0 fully saturated rings. The minimum atomic E-state index is 0.148. The third-order valence-corrected chi connectivity index (χ3v) is 3.78. The molecule has 0 saturated heterocycles. The Bertz CT molecular complexity index is 750. The summed E-state index contributed by atoms with van der Waals surface area (Å²) < 4.78 is 1.91. The number of fused-ring (bicyclic) bond motifs is 1. The normalized spacial score (nSPS) is 12.6. The Morgan fingerprint density at radius 2 is 2.23 bits per heavy atom. The maximum atomic E-state index is 4.63. The molecule has 1 atom stereocenters. The van der Waals surface area contributed by atoms with Crippen molar-refractivity contribution in [2.24, 2.45) is 0 Å². The molecule has 1 aromatic carbocycles. The van der Waals surface area contributed by atoms with E-state index in [4.69, 9.17) is 0 Å². The average molecular weight is 295 g/mol. The number of rotatable bonds is 6. The zero-order valence-electron chi connectivity index (χ0n) is 13.0. The van der Waals surface area contributed by atoms with Gasteiger partial charge in [-0.15, -0.1) is 6.58 Å². The number of para-hydroxylation sites is 2. The standard InChI is InChI=1S/C17H21N5/c1-4-9-22-11-14(12(2)21-22)10-18-13(3)17-19-15-7-5-6-8-16(15)20-17/h4-8,11,13,18H,1,9-10H2,2-3H3,(H,19,20)/t13-/m0/s1. The number of benzene rings is 1. The Balaban J connectivity index is 1.69. The first kappa shape index (κ1) is 14.5. The van der Waals surface area contributed by atoms with Crippen molar-refractivity contribution >= 4 is 11.0 Å². The number of allylic oxidation sites excluding steroid dienone is 1. The third-order valence-electron chi connectivity index (χ3n) is 3.78. The molecular formula is C17H21N5. The van der Waals surface area contributed by atoms with Crippen LogP contribution in [0, 0.1) is 6.92 Å². The van der Waals surface area contributed by atoms with E-state index in [-0.39, 0.29) is 6.04 Å². The maximum Gasteiger partial charge on any atom is 0.124 e. The van der Waals surface area contributed by atoms with Crippen molar-refractivity contribution in [2.45, 2.75) is 33.0 Å². The topological polar surface area (TPSA) is 58.5 Å². The predicted octanol–water partition coefficient (Wildman–Crippen LogP) is 3.10. The van der Waals surface area contributed by atoms with Gasteiger partial charge < -0.3 is 10.3 Å². The molecule has 0 saturated carbocycles. The van der Waals surface area contributed by atoms with Crippen LogP contribution in [0.1, 0.15) is 30.0 Å². The molecule has 0 amide bonds. The SMILES string of the molecule is C=CCn1cc(CN[C@@H](C)c2nc3ccccc3[nH]2)c(C)n1. The van der Waals surface area contributed by atoms with Crippen LogP contribution in [0.4, 0.5) is 0 Å². The summed E-state index contributed by atoms with van der Waals surface area (Å²) in [7, 11) is 0. The molecule has 5 heteroatoms. The summed E-state index contributed by atoms with van der Waals surface area (Å²) in [6, 6.07) is 8.23. The van der Waals surface area contributed by atoms with E-state index < -0.39 is 0 Å². The summed E-state index contributed by atoms with van der Waals surface area (Å²) in [5.74, 6) is 0.956. The molecule has 2 aromatic heterocycles. The van der Waals surface area contributed by atoms with E-state index in [0.717, 1.165) is 35.6 Å². The number of nitrogens with one attached hydrogen (secondary N) is 2. The fourth-order valence-electron chi connectivity index (χ4n) is 2.50. The van der Waals surface area contributed by atoms with Crippen LogP contribution in [-0.4, -0.2) is 19.7 Å². The highest BCUT2D eigenvalue weighted by atomic mass is 15.3. The quantitative estimate of drug-likeness (QED) is 0.687. The molecule has 0 bridgehead atoms. The van der Waals surface area contributed by atoms with E-state index in [1.54, 1.807) is 0 Å². The molecule has 0 radical (unpaired) electrons. The van der Waals surface area contributed by atoms with Gasteiger partial charge >= 0.3 is 0 Å². The van der Waals surface area contributed by atoms with E-state index in [2.05, 4.69) is 40.1 Å². The highest BCUT2D eigenvalue weighted by molar-refractivity contribution is 5.74. The van der Waals surface area contributed by atoms with Crippen molar-refractivity contribution < 1.29 is 0 Å². The van der Waals surface area contributed by atoms with Gasteiger partial charge in [-0.25, -0.2) is 4.98 Å². The maximum absolute atomic E-state index is 4.63.